The Hall–Kier alpha value is -0.830. The molecule has 0 rings (SSSR count). The summed E-state index contributed by atoms with van der Waals surface area (Å²) in [5, 5.41) is 0. The Balaban J connectivity index is 5.17. The molecule has 3 nitrogen and oxygen atoms in total. The summed E-state index contributed by atoms with van der Waals surface area (Å²) < 4.78 is 0. The maximum atomic E-state index is 5.25. The van der Waals surface area contributed by atoms with Crippen LogP contribution in [0, 0.1) is 10.8 Å². The molecule has 0 aliphatic rings. The molecule has 2 N–H and O–H groups in total. The van der Waals surface area contributed by atoms with E-state index in [0.29, 0.717) is 5.90 Å². The molecule has 0 aliphatic carbocycles. The first-order valence-electron chi connectivity index (χ1n) is 5.25. The molecule has 3 heteroatoms. The minimum Gasteiger partial charge on any atom is -0.395 e. The van der Waals surface area contributed by atoms with Crippen LogP contribution < -0.4 is 5.90 Å². The number of hydrogen-bond donors (Lipinski definition) is 1. The first kappa shape index (κ1) is 14.2. The monoisotopic (exact) mass is 212 g/mol. The van der Waals surface area contributed by atoms with Crippen LogP contribution >= 0.6 is 0 Å². The van der Waals surface area contributed by atoms with Crippen molar-refractivity contribution < 1.29 is 4.84 Å². The topological polar surface area (TPSA) is 47.6 Å². The van der Waals surface area contributed by atoms with Gasteiger partial charge in [0, 0.05) is 16.5 Å². The van der Waals surface area contributed by atoms with E-state index in [1.807, 2.05) is 33.8 Å². The van der Waals surface area contributed by atoms with Crippen LogP contribution in [0.25, 0.3) is 0 Å². The van der Waals surface area contributed by atoms with Gasteiger partial charge < -0.3 is 4.84 Å². The van der Waals surface area contributed by atoms with Crippen LogP contribution in [0.15, 0.2) is 16.8 Å². The largest absolute Gasteiger partial charge is 0.395 e. The lowest BCUT2D eigenvalue weighted by Gasteiger charge is -2.23. The molecule has 0 amide bonds. The summed E-state index contributed by atoms with van der Waals surface area (Å²) in [7, 11) is 0. The highest BCUT2D eigenvalue weighted by Crippen LogP contribution is 2.28. The lowest BCUT2D eigenvalue weighted by molar-refractivity contribution is 0.271. The van der Waals surface area contributed by atoms with E-state index in [-0.39, 0.29) is 10.8 Å². The first-order chi connectivity index (χ1) is 6.62. The standard InChI is InChI=1S/C12H24N2O/c1-8-9(11(2,3)4)14-10(15-13)12(5,6)7/h8H,13H2,1-7H3/b9-8-,14-10?. The van der Waals surface area contributed by atoms with E-state index in [1.165, 1.54) is 0 Å². The van der Waals surface area contributed by atoms with Crippen LogP contribution in [-0.4, -0.2) is 5.90 Å². The van der Waals surface area contributed by atoms with Crippen molar-refractivity contribution in [3.05, 3.63) is 11.8 Å². The zero-order chi connectivity index (χ0) is 12.3. The SMILES string of the molecule is C/C=C(\N=C(ON)C(C)(C)C)C(C)(C)C. The molecule has 0 spiro atoms. The molecule has 0 aromatic rings. The molecule has 0 unspecified atom stereocenters. The second-order valence-corrected chi connectivity index (χ2v) is 5.71. The van der Waals surface area contributed by atoms with Gasteiger partial charge in [0.15, 0.2) is 0 Å². The number of aliphatic imine (C=N–C) groups is 1. The number of allylic oxidation sites excluding steroid dienone is 2. The molecular formula is C12H24N2O. The molecule has 0 saturated carbocycles. The molecule has 0 atom stereocenters. The second-order valence-electron chi connectivity index (χ2n) is 5.71. The van der Waals surface area contributed by atoms with Gasteiger partial charge in [-0.1, -0.05) is 47.6 Å². The van der Waals surface area contributed by atoms with E-state index in [0.717, 1.165) is 5.70 Å². The third-order valence-corrected chi connectivity index (χ3v) is 2.02. The number of hydrogen-bond acceptors (Lipinski definition) is 3. The van der Waals surface area contributed by atoms with Crippen LogP contribution in [0.1, 0.15) is 48.5 Å². The lowest BCUT2D eigenvalue weighted by atomic mass is 9.91. The fraction of sp³-hybridized carbons (Fsp3) is 0.750. The molecule has 0 radical (unpaired) electrons. The van der Waals surface area contributed by atoms with Crippen molar-refractivity contribution in [3.8, 4) is 0 Å². The Labute approximate surface area is 93.4 Å². The quantitative estimate of drug-likeness (QED) is 0.412. The van der Waals surface area contributed by atoms with Crippen LogP contribution in [0.2, 0.25) is 0 Å². The molecule has 0 aromatic carbocycles. The molecule has 15 heavy (non-hydrogen) atoms. The summed E-state index contributed by atoms with van der Waals surface area (Å²) in [5.74, 6) is 5.81. The van der Waals surface area contributed by atoms with Crippen LogP contribution in [-0.2, 0) is 4.84 Å². The van der Waals surface area contributed by atoms with Gasteiger partial charge in [0.25, 0.3) is 0 Å². The van der Waals surface area contributed by atoms with Crippen molar-refractivity contribution >= 4 is 5.90 Å². The third-order valence-electron chi connectivity index (χ3n) is 2.02. The lowest BCUT2D eigenvalue weighted by Crippen LogP contribution is -2.27. The summed E-state index contributed by atoms with van der Waals surface area (Å²) in [6.07, 6.45) is 1.99. The molecule has 88 valence electrons. The van der Waals surface area contributed by atoms with E-state index in [9.17, 15) is 0 Å². The highest BCUT2D eigenvalue weighted by atomic mass is 16.6. The summed E-state index contributed by atoms with van der Waals surface area (Å²) in [6.45, 7) is 14.4. The van der Waals surface area contributed by atoms with Gasteiger partial charge >= 0.3 is 0 Å². The van der Waals surface area contributed by atoms with Crippen LogP contribution in [0.5, 0.6) is 0 Å². The molecule has 0 fully saturated rings. The summed E-state index contributed by atoms with van der Waals surface area (Å²) >= 11 is 0. The Morgan fingerprint density at radius 1 is 1.07 bits per heavy atom. The van der Waals surface area contributed by atoms with Gasteiger partial charge in [-0.05, 0) is 6.92 Å². The molecule has 0 aromatic heterocycles. The number of nitrogens with two attached hydrogens (primary N) is 1. The van der Waals surface area contributed by atoms with Gasteiger partial charge in [0.05, 0.1) is 0 Å². The fourth-order valence-electron chi connectivity index (χ4n) is 1.15. The van der Waals surface area contributed by atoms with Gasteiger partial charge in [-0.3, -0.25) is 0 Å². The molecular weight excluding hydrogens is 188 g/mol. The average molecular weight is 212 g/mol. The van der Waals surface area contributed by atoms with Crippen molar-refractivity contribution in [2.24, 2.45) is 21.7 Å². The predicted molar refractivity (Wildman–Crippen MR) is 65.4 cm³/mol. The zero-order valence-electron chi connectivity index (χ0n) is 11.0. The van der Waals surface area contributed by atoms with Gasteiger partial charge in [-0.2, -0.15) is 5.90 Å². The van der Waals surface area contributed by atoms with E-state index in [4.69, 9.17) is 10.7 Å². The summed E-state index contributed by atoms with van der Waals surface area (Å²) in [4.78, 5) is 9.34. The average Bonchev–Trinajstić information content (AvgIpc) is 2.01. The fourth-order valence-corrected chi connectivity index (χ4v) is 1.15. The number of nitrogens with zero attached hydrogens (tertiary/aromatic N) is 1. The third kappa shape index (κ3) is 4.47. The minimum absolute atomic E-state index is 0.00375. The van der Waals surface area contributed by atoms with Gasteiger partial charge in [-0.25, -0.2) is 4.99 Å². The van der Waals surface area contributed by atoms with E-state index in [1.54, 1.807) is 0 Å². The highest BCUT2D eigenvalue weighted by Gasteiger charge is 2.24. The Morgan fingerprint density at radius 3 is 1.73 bits per heavy atom. The van der Waals surface area contributed by atoms with Crippen molar-refractivity contribution in [2.45, 2.75) is 48.5 Å². The van der Waals surface area contributed by atoms with E-state index in [2.05, 4.69) is 25.8 Å². The Morgan fingerprint density at radius 2 is 1.53 bits per heavy atom. The summed E-state index contributed by atoms with van der Waals surface area (Å²) in [5.41, 5.74) is 0.816. The van der Waals surface area contributed by atoms with Crippen LogP contribution in [0.4, 0.5) is 0 Å². The van der Waals surface area contributed by atoms with Gasteiger partial charge in [0.1, 0.15) is 0 Å². The maximum absolute atomic E-state index is 5.25. The normalized spacial score (nSPS) is 15.5. The molecule has 0 heterocycles. The first-order valence-corrected chi connectivity index (χ1v) is 5.25. The van der Waals surface area contributed by atoms with Crippen molar-refractivity contribution in [3.63, 3.8) is 0 Å². The number of rotatable bonds is 1. The van der Waals surface area contributed by atoms with Crippen molar-refractivity contribution in [1.29, 1.82) is 0 Å². The Kier molecular flexibility index (Phi) is 4.53. The smallest absolute Gasteiger partial charge is 0.219 e. The van der Waals surface area contributed by atoms with Crippen molar-refractivity contribution in [2.75, 3.05) is 0 Å². The minimum atomic E-state index is -0.172. The van der Waals surface area contributed by atoms with Gasteiger partial charge in [-0.15, -0.1) is 0 Å². The highest BCUT2D eigenvalue weighted by molar-refractivity contribution is 5.82. The van der Waals surface area contributed by atoms with E-state index < -0.39 is 0 Å². The van der Waals surface area contributed by atoms with Gasteiger partial charge in [0.2, 0.25) is 5.90 Å². The molecule has 0 bridgehead atoms. The summed E-state index contributed by atoms with van der Waals surface area (Å²) in [6, 6.07) is 0. The second kappa shape index (κ2) is 4.79. The van der Waals surface area contributed by atoms with Crippen LogP contribution in [0.3, 0.4) is 0 Å². The van der Waals surface area contributed by atoms with E-state index >= 15 is 0 Å². The Bertz CT molecular complexity index is 264. The maximum Gasteiger partial charge on any atom is 0.219 e. The molecule has 0 saturated heterocycles. The van der Waals surface area contributed by atoms with Crippen molar-refractivity contribution in [1.82, 2.24) is 0 Å². The zero-order valence-corrected chi connectivity index (χ0v) is 11.0. The molecule has 0 aliphatic heterocycles. The predicted octanol–water partition coefficient (Wildman–Crippen LogP) is 3.27.